The van der Waals surface area contributed by atoms with Crippen LogP contribution in [0.1, 0.15) is 57.3 Å². The number of aliphatic hydroxyl groups excluding tert-OH is 3. The van der Waals surface area contributed by atoms with E-state index < -0.39 is 134 Å². The molecule has 4 heterocycles. The van der Waals surface area contributed by atoms with Crippen LogP contribution in [-0.4, -0.2) is 226 Å². The molecule has 0 radical (unpaired) electrons. The van der Waals surface area contributed by atoms with E-state index in [4.69, 9.17) is 66.4 Å². The number of ether oxygens (including phenoxy) is 13. The molecule has 4 fully saturated rings. The largest absolute Gasteiger partial charge is 0.493 e. The third kappa shape index (κ3) is 16.9. The Bertz CT molecular complexity index is 2850. The summed E-state index contributed by atoms with van der Waals surface area (Å²) in [6.45, 7) is 11.2. The average Bonchev–Trinajstić information content (AvgIpc) is 1.02. The molecule has 19 atom stereocenters. The van der Waals surface area contributed by atoms with Crippen LogP contribution >= 0.6 is 43.2 Å². The number of benzene rings is 1. The van der Waals surface area contributed by atoms with Crippen LogP contribution in [0.25, 0.3) is 0 Å². The summed E-state index contributed by atoms with van der Waals surface area (Å²) in [6, 6.07) is 1.33. The predicted molar refractivity (Wildman–Crippen MR) is 325 cm³/mol. The van der Waals surface area contributed by atoms with Gasteiger partial charge in [0.1, 0.15) is 30.5 Å². The highest BCUT2D eigenvalue weighted by Crippen LogP contribution is 2.44. The van der Waals surface area contributed by atoms with E-state index in [1.54, 1.807) is 20.1 Å². The van der Waals surface area contributed by atoms with Crippen LogP contribution in [0.3, 0.4) is 0 Å². The van der Waals surface area contributed by atoms with Crippen molar-refractivity contribution in [1.29, 1.82) is 0 Å². The normalized spacial score (nSPS) is 34.3. The van der Waals surface area contributed by atoms with E-state index in [-0.39, 0.29) is 82.3 Å². The highest BCUT2D eigenvalue weighted by molar-refractivity contribution is 9.09. The van der Waals surface area contributed by atoms with Crippen LogP contribution in [0.5, 0.6) is 11.5 Å². The third-order valence-corrected chi connectivity index (χ3v) is 20.1. The molecule has 6 aliphatic rings. The Morgan fingerprint density at radius 1 is 0.852 bits per heavy atom. The standard InChI is InChI=1S/C58H78N4O22S4/c1-13-59-35-27-76-42(25-38(35)72-7)82-51-49(65)46(62-84-44-24-36(63)52(85-11)30(4)78-44)28(2)79-56(51)81-37-18-16-14-15-17-20-58(70)33(19-21-87-88-86-12)45(37)47(61-57(69)75-10)50(66)53(58)83-43-26-41(48(64)29(3)77-43)80-55(68)32-22-39(73-8)40(74-9)23-34(32)60-54(67)31(5)71-6/h14-15,19,22-23,28-30,35-38,41-44,46,48-49,51-53,56,59,62-65,70H,5,13,21,24-27H2,1-4,6-12H3,(H,60,67)(H,61,69)/t28-,29+,30+,35+,36+,37+,38-,41+,42-,43-,44-,46+,48+,49+,51-,52-,53+,56-,58+/m0/s1. The number of amides is 2. The van der Waals surface area contributed by atoms with Crippen LogP contribution in [0.15, 0.2) is 59.5 Å². The molecule has 486 valence electrons. The number of carbonyl (C=O) groups is 4. The Kier molecular flexibility index (Phi) is 26.6. The summed E-state index contributed by atoms with van der Waals surface area (Å²) in [5.74, 6) is 8.59. The number of aliphatic hydroxyl groups is 4. The van der Waals surface area contributed by atoms with Crippen molar-refractivity contribution in [3.8, 4) is 35.2 Å². The van der Waals surface area contributed by atoms with Gasteiger partial charge in [-0.25, -0.2) is 9.59 Å². The molecular weight excluding hydrogens is 1230 g/mol. The van der Waals surface area contributed by atoms with Gasteiger partial charge >= 0.3 is 12.1 Å². The Hall–Kier alpha value is -4.62. The van der Waals surface area contributed by atoms with E-state index in [1.165, 1.54) is 95.7 Å². The summed E-state index contributed by atoms with van der Waals surface area (Å²) in [5.41, 5.74) is -0.949. The number of methoxy groups -OCH3 is 5. The first-order valence-corrected chi connectivity index (χ1v) is 33.4. The van der Waals surface area contributed by atoms with Crippen molar-refractivity contribution < 1.29 is 106 Å². The molecule has 0 spiro atoms. The molecule has 88 heavy (non-hydrogen) atoms. The van der Waals surface area contributed by atoms with Crippen molar-refractivity contribution in [3.63, 3.8) is 0 Å². The number of carbonyl (C=O) groups excluding carboxylic acids is 4. The molecular formula is C58H78N4O22S4. The van der Waals surface area contributed by atoms with Gasteiger partial charge in [0.25, 0.3) is 5.91 Å². The number of thioether (sulfide) groups is 1. The fourth-order valence-corrected chi connectivity index (χ4v) is 13.9. The molecule has 1 aromatic carbocycles. The van der Waals surface area contributed by atoms with Crippen molar-refractivity contribution in [2.24, 2.45) is 0 Å². The number of hydroxylamine groups is 1. The maximum absolute atomic E-state index is 15.6. The van der Waals surface area contributed by atoms with Gasteiger partial charge in [-0.15, -0.1) is 0 Å². The number of fused-ring (bicyclic) bond motifs is 2. The van der Waals surface area contributed by atoms with Crippen molar-refractivity contribution >= 4 is 72.6 Å². The lowest BCUT2D eigenvalue weighted by atomic mass is 9.73. The molecule has 4 saturated heterocycles. The summed E-state index contributed by atoms with van der Waals surface area (Å²) in [4.78, 5) is 62.4. The van der Waals surface area contributed by atoms with Crippen LogP contribution in [0.2, 0.25) is 0 Å². The van der Waals surface area contributed by atoms with Gasteiger partial charge in [-0.05, 0) is 61.8 Å². The number of rotatable bonds is 25. The van der Waals surface area contributed by atoms with Gasteiger partial charge in [0, 0.05) is 55.4 Å². The average molecular weight is 1310 g/mol. The first kappa shape index (κ1) is 70.8. The molecule has 4 aliphatic heterocycles. The number of esters is 1. The molecule has 7 rings (SSSR count). The molecule has 30 heteroatoms. The second-order valence-electron chi connectivity index (χ2n) is 20.6. The first-order valence-electron chi connectivity index (χ1n) is 28.1. The molecule has 2 bridgehead atoms. The Labute approximate surface area is 526 Å². The maximum atomic E-state index is 15.6. The summed E-state index contributed by atoms with van der Waals surface area (Å²) in [5, 5.41) is 56.7. The molecule has 0 saturated carbocycles. The summed E-state index contributed by atoms with van der Waals surface area (Å²) in [6.07, 6.45) is -11.7. The maximum Gasteiger partial charge on any atom is 0.411 e. The van der Waals surface area contributed by atoms with E-state index in [0.717, 1.165) is 7.11 Å². The lowest BCUT2D eigenvalue weighted by Gasteiger charge is -2.47. The minimum absolute atomic E-state index is 0.0845. The van der Waals surface area contributed by atoms with Gasteiger partial charge in [0.2, 0.25) is 5.78 Å². The van der Waals surface area contributed by atoms with Crippen molar-refractivity contribution in [2.75, 3.05) is 72.3 Å². The number of allylic oxidation sites excluding steroid dienone is 2. The van der Waals surface area contributed by atoms with Gasteiger partial charge in [-0.2, -0.15) is 17.2 Å². The van der Waals surface area contributed by atoms with Gasteiger partial charge < -0.3 is 92.6 Å². The van der Waals surface area contributed by atoms with Crippen molar-refractivity contribution in [2.45, 2.75) is 162 Å². The number of nitrogens with one attached hydrogen (secondary N) is 4. The quantitative estimate of drug-likeness (QED) is 0.0133. The highest BCUT2D eigenvalue weighted by Gasteiger charge is 2.57. The second kappa shape index (κ2) is 33.1. The fourth-order valence-electron chi connectivity index (χ4n) is 10.7. The zero-order valence-corrected chi connectivity index (χ0v) is 53.8. The second-order valence-corrected chi connectivity index (χ2v) is 26.0. The van der Waals surface area contributed by atoms with Crippen LogP contribution in [0, 0.1) is 23.7 Å². The summed E-state index contributed by atoms with van der Waals surface area (Å²) >= 11 is 1.47. The molecule has 26 nitrogen and oxygen atoms in total. The molecule has 2 amide bonds. The minimum Gasteiger partial charge on any atom is -0.493 e. The van der Waals surface area contributed by atoms with Crippen LogP contribution in [0.4, 0.5) is 10.5 Å². The topological polar surface area (TPSA) is 327 Å². The Balaban J connectivity index is 1.27. The molecule has 2 aliphatic carbocycles. The van der Waals surface area contributed by atoms with Gasteiger partial charge in [-0.3, -0.25) is 19.7 Å². The van der Waals surface area contributed by atoms with E-state index in [1.807, 2.05) is 26.4 Å². The number of ketones is 1. The van der Waals surface area contributed by atoms with Gasteiger partial charge in [0.15, 0.2) is 54.1 Å². The van der Waals surface area contributed by atoms with E-state index in [2.05, 4.69) is 51.7 Å². The molecule has 0 aromatic heterocycles. The van der Waals surface area contributed by atoms with Crippen molar-refractivity contribution in [3.05, 3.63) is 65.1 Å². The third-order valence-electron chi connectivity index (χ3n) is 15.2. The monoisotopic (exact) mass is 1310 g/mol. The lowest BCUT2D eigenvalue weighted by molar-refractivity contribution is -0.336. The fraction of sp³-hybridized carbons (Fsp3) is 0.621. The summed E-state index contributed by atoms with van der Waals surface area (Å²) in [7, 11) is 10.8. The smallest absolute Gasteiger partial charge is 0.411 e. The van der Waals surface area contributed by atoms with E-state index in [0.29, 0.717) is 6.54 Å². The molecule has 0 unspecified atom stereocenters. The van der Waals surface area contributed by atoms with E-state index in [9.17, 15) is 34.8 Å². The number of Topliss-reactive ketones (excluding diaryl/α,β-unsaturated/α-hetero) is 1. The van der Waals surface area contributed by atoms with Gasteiger partial charge in [0.05, 0.1) is 99.8 Å². The Morgan fingerprint density at radius 2 is 1.57 bits per heavy atom. The number of anilines is 1. The first-order chi connectivity index (χ1) is 42.2. The SMILES string of the molecule is C=C(OC)C(=O)Nc1cc(OC)c(OC)cc1C(=O)O[C@@H]1C[C@H](O[C@@H]2C(=O)C(NC(=O)OC)=C3C(=CCSSSC)[C@]2(O)C#CC=CC#C[C@H]3O[C@@H]2O[C@@H](C)[C@@H](NO[C@H]3C[C@@H](O)[C@@H](SC)[C@@H](C)O3)[C@@H](O)[C@@H]2O[C@H]2C[C@H](OC)[C@H](NCC)CO2)O[C@H](C)[C@H]1O. The lowest BCUT2D eigenvalue weighted by Crippen LogP contribution is -2.65. The number of likely N-dealkylation sites (N-methyl/N-ethyl adjacent to an activating group) is 1. The number of alkyl carbamates (subject to hydrolysis) is 1. The zero-order chi connectivity index (χ0) is 64.0. The molecule has 8 N–H and O–H groups in total. The summed E-state index contributed by atoms with van der Waals surface area (Å²) < 4.78 is 77.7. The number of hydrogen-bond acceptors (Lipinski definition) is 28. The Morgan fingerprint density at radius 3 is 2.24 bits per heavy atom. The van der Waals surface area contributed by atoms with Crippen LogP contribution < -0.4 is 30.9 Å². The predicted octanol–water partition coefficient (Wildman–Crippen LogP) is 3.03. The molecule has 1 aromatic rings. The zero-order valence-electron chi connectivity index (χ0n) is 50.5. The highest BCUT2D eigenvalue weighted by atomic mass is 33.5. The van der Waals surface area contributed by atoms with Crippen molar-refractivity contribution in [1.82, 2.24) is 16.1 Å². The minimum atomic E-state index is -2.66. The van der Waals surface area contributed by atoms with E-state index >= 15 is 4.79 Å². The number of hydrogen-bond donors (Lipinski definition) is 8. The van der Waals surface area contributed by atoms with Crippen LogP contribution in [-0.2, 0) is 66.5 Å². The van der Waals surface area contributed by atoms with Gasteiger partial charge in [-0.1, -0.05) is 64.8 Å².